The molecule has 0 aromatic heterocycles. The summed E-state index contributed by atoms with van der Waals surface area (Å²) in [7, 11) is -4.37. The second kappa shape index (κ2) is 8.91. The van der Waals surface area contributed by atoms with E-state index in [0.29, 0.717) is 24.5 Å². The predicted octanol–water partition coefficient (Wildman–Crippen LogP) is 1.61. The van der Waals surface area contributed by atoms with E-state index in [-0.39, 0.29) is 10.6 Å². The van der Waals surface area contributed by atoms with E-state index < -0.39 is 42.5 Å². The zero-order valence-corrected chi connectivity index (χ0v) is 18.3. The summed E-state index contributed by atoms with van der Waals surface area (Å²) >= 11 is 0. The fraction of sp³-hybridized carbons (Fsp3) is 0.400. The highest BCUT2D eigenvalue weighted by atomic mass is 32.2. The Balaban J connectivity index is 1.73. The lowest BCUT2D eigenvalue weighted by Crippen LogP contribution is -2.44. The molecule has 2 aromatic carbocycles. The Morgan fingerprint density at radius 1 is 1.03 bits per heavy atom. The predicted molar refractivity (Wildman–Crippen MR) is 111 cm³/mol. The van der Waals surface area contributed by atoms with Gasteiger partial charge in [0, 0.05) is 6.04 Å². The maximum Gasteiger partial charge on any atom is 0.183 e. The molecule has 3 rings (SSSR count). The van der Waals surface area contributed by atoms with Crippen LogP contribution in [0.4, 0.5) is 4.39 Å². The van der Waals surface area contributed by atoms with Crippen molar-refractivity contribution in [3.8, 4) is 11.5 Å². The first-order valence-electron chi connectivity index (χ1n) is 9.30. The van der Waals surface area contributed by atoms with Gasteiger partial charge in [0.1, 0.15) is 5.82 Å². The van der Waals surface area contributed by atoms with Crippen LogP contribution < -0.4 is 14.8 Å². The summed E-state index contributed by atoms with van der Waals surface area (Å²) in [6, 6.07) is 9.14. The summed E-state index contributed by atoms with van der Waals surface area (Å²) < 4.78 is 73.9. The number of methoxy groups -OCH3 is 2. The van der Waals surface area contributed by atoms with Crippen molar-refractivity contribution in [2.75, 3.05) is 32.3 Å². The first-order valence-corrected chi connectivity index (χ1v) is 12.7. The SMILES string of the molecule is COc1ccc(CCNC2CS(=O)(=O)CC2S(=O)(=O)c2ccc(F)cc2)cc1OC. The van der Waals surface area contributed by atoms with Crippen molar-refractivity contribution >= 4 is 19.7 Å². The molecule has 10 heteroatoms. The van der Waals surface area contributed by atoms with E-state index in [0.717, 1.165) is 29.8 Å². The van der Waals surface area contributed by atoms with E-state index in [4.69, 9.17) is 9.47 Å². The van der Waals surface area contributed by atoms with Gasteiger partial charge in [-0.1, -0.05) is 6.07 Å². The van der Waals surface area contributed by atoms with Crippen LogP contribution in [-0.4, -0.2) is 60.4 Å². The average molecular weight is 458 g/mol. The fourth-order valence-corrected chi connectivity index (χ4v) is 8.27. The maximum absolute atomic E-state index is 13.2. The van der Waals surface area contributed by atoms with Crippen LogP contribution in [0, 0.1) is 5.82 Å². The van der Waals surface area contributed by atoms with Crippen molar-refractivity contribution in [3.05, 3.63) is 53.8 Å². The third-order valence-corrected chi connectivity index (χ3v) is 9.28. The summed E-state index contributed by atoms with van der Waals surface area (Å²) in [5.74, 6) is -0.0977. The molecule has 0 bridgehead atoms. The number of rotatable bonds is 8. The van der Waals surface area contributed by atoms with Crippen molar-refractivity contribution in [3.63, 3.8) is 0 Å². The van der Waals surface area contributed by atoms with Crippen LogP contribution in [0.2, 0.25) is 0 Å². The normalized spacial score (nSPS) is 20.8. The molecule has 0 spiro atoms. The van der Waals surface area contributed by atoms with Gasteiger partial charge in [0.25, 0.3) is 0 Å². The number of benzene rings is 2. The lowest BCUT2D eigenvalue weighted by atomic mass is 10.1. The van der Waals surface area contributed by atoms with Crippen molar-refractivity contribution in [1.82, 2.24) is 5.32 Å². The van der Waals surface area contributed by atoms with E-state index in [9.17, 15) is 21.2 Å². The summed E-state index contributed by atoms with van der Waals surface area (Å²) in [4.78, 5) is -0.0855. The van der Waals surface area contributed by atoms with Gasteiger partial charge >= 0.3 is 0 Å². The Morgan fingerprint density at radius 2 is 1.70 bits per heavy atom. The molecule has 7 nitrogen and oxygen atoms in total. The zero-order valence-electron chi connectivity index (χ0n) is 16.7. The Hall–Kier alpha value is -2.17. The van der Waals surface area contributed by atoms with Crippen LogP contribution in [-0.2, 0) is 26.1 Å². The lowest BCUT2D eigenvalue weighted by Gasteiger charge is -2.20. The molecule has 2 unspecified atom stereocenters. The van der Waals surface area contributed by atoms with Gasteiger partial charge < -0.3 is 14.8 Å². The molecule has 0 aliphatic carbocycles. The van der Waals surface area contributed by atoms with Crippen LogP contribution >= 0.6 is 0 Å². The topological polar surface area (TPSA) is 98.8 Å². The van der Waals surface area contributed by atoms with E-state index in [1.807, 2.05) is 12.1 Å². The van der Waals surface area contributed by atoms with Crippen LogP contribution in [0.25, 0.3) is 0 Å². The van der Waals surface area contributed by atoms with Gasteiger partial charge in [0.05, 0.1) is 35.9 Å². The minimum Gasteiger partial charge on any atom is -0.493 e. The summed E-state index contributed by atoms with van der Waals surface area (Å²) in [5.41, 5.74) is 0.930. The second-order valence-electron chi connectivity index (χ2n) is 7.11. The minimum atomic E-state index is -3.94. The van der Waals surface area contributed by atoms with Gasteiger partial charge in [-0.2, -0.15) is 0 Å². The van der Waals surface area contributed by atoms with Crippen LogP contribution in [0.3, 0.4) is 0 Å². The molecule has 164 valence electrons. The molecule has 2 aromatic rings. The molecule has 0 saturated carbocycles. The second-order valence-corrected chi connectivity index (χ2v) is 11.4. The van der Waals surface area contributed by atoms with Gasteiger partial charge in [-0.3, -0.25) is 0 Å². The van der Waals surface area contributed by atoms with Crippen molar-refractivity contribution in [2.45, 2.75) is 22.6 Å². The molecule has 1 saturated heterocycles. The summed E-state index contributed by atoms with van der Waals surface area (Å²) in [6.07, 6.45) is 0.542. The highest BCUT2D eigenvalue weighted by Gasteiger charge is 2.45. The number of hydrogen-bond acceptors (Lipinski definition) is 7. The Bertz CT molecular complexity index is 1100. The Morgan fingerprint density at radius 3 is 2.33 bits per heavy atom. The molecule has 1 heterocycles. The van der Waals surface area contributed by atoms with Crippen LogP contribution in [0.15, 0.2) is 47.4 Å². The van der Waals surface area contributed by atoms with Gasteiger partial charge in [-0.15, -0.1) is 0 Å². The van der Waals surface area contributed by atoms with E-state index in [2.05, 4.69) is 5.32 Å². The lowest BCUT2D eigenvalue weighted by molar-refractivity contribution is 0.354. The quantitative estimate of drug-likeness (QED) is 0.602. The number of hydrogen-bond donors (Lipinski definition) is 1. The van der Waals surface area contributed by atoms with Crippen LogP contribution in [0.1, 0.15) is 5.56 Å². The molecule has 0 amide bonds. The first kappa shape index (κ1) is 22.5. The van der Waals surface area contributed by atoms with Crippen molar-refractivity contribution < 1.29 is 30.7 Å². The third kappa shape index (κ3) is 4.93. The standard InChI is InChI=1S/C20H24FNO6S2/c1-27-18-8-3-14(11-19(18)28-2)9-10-22-17-12-29(23,24)13-20(17)30(25,26)16-6-4-15(21)5-7-16/h3-8,11,17,20,22H,9-10,12-13H2,1-2H3. The Labute approximate surface area is 176 Å². The van der Waals surface area contributed by atoms with E-state index in [1.165, 1.54) is 7.11 Å². The molecular weight excluding hydrogens is 433 g/mol. The van der Waals surface area contributed by atoms with Crippen molar-refractivity contribution in [1.29, 1.82) is 0 Å². The van der Waals surface area contributed by atoms with Gasteiger partial charge in [-0.25, -0.2) is 21.2 Å². The van der Waals surface area contributed by atoms with Crippen molar-refractivity contribution in [2.24, 2.45) is 0 Å². The maximum atomic E-state index is 13.2. The van der Waals surface area contributed by atoms with E-state index >= 15 is 0 Å². The molecule has 1 fully saturated rings. The fourth-order valence-electron chi connectivity index (χ4n) is 3.55. The minimum absolute atomic E-state index is 0.0855. The largest absolute Gasteiger partial charge is 0.493 e. The monoisotopic (exact) mass is 457 g/mol. The smallest absolute Gasteiger partial charge is 0.183 e. The molecule has 2 atom stereocenters. The molecule has 1 N–H and O–H groups in total. The molecule has 0 radical (unpaired) electrons. The first-order chi connectivity index (χ1) is 14.2. The zero-order chi connectivity index (χ0) is 21.9. The number of sulfone groups is 2. The number of ether oxygens (including phenoxy) is 2. The summed E-state index contributed by atoms with van der Waals surface area (Å²) in [5, 5.41) is 1.96. The molecular formula is C20H24FNO6S2. The average Bonchev–Trinajstić information content (AvgIpc) is 3.03. The third-order valence-electron chi connectivity index (χ3n) is 5.11. The number of halogens is 1. The molecule has 1 aliphatic rings. The van der Waals surface area contributed by atoms with E-state index in [1.54, 1.807) is 13.2 Å². The molecule has 30 heavy (non-hydrogen) atoms. The van der Waals surface area contributed by atoms with Gasteiger partial charge in [-0.05, 0) is 54.9 Å². The number of nitrogens with one attached hydrogen (secondary N) is 1. The Kier molecular flexibility index (Phi) is 6.68. The highest BCUT2D eigenvalue weighted by molar-refractivity contribution is 7.96. The molecule has 1 aliphatic heterocycles. The highest BCUT2D eigenvalue weighted by Crippen LogP contribution is 2.28. The van der Waals surface area contributed by atoms with Gasteiger partial charge in [0.2, 0.25) is 0 Å². The van der Waals surface area contributed by atoms with Gasteiger partial charge in [0.15, 0.2) is 31.2 Å². The summed E-state index contributed by atoms with van der Waals surface area (Å²) in [6.45, 7) is 0.380. The van der Waals surface area contributed by atoms with Crippen LogP contribution in [0.5, 0.6) is 11.5 Å².